The van der Waals surface area contributed by atoms with E-state index in [2.05, 4.69) is 0 Å². The van der Waals surface area contributed by atoms with Crippen molar-refractivity contribution in [2.24, 2.45) is 0 Å². The average molecular weight is 258 g/mol. The fraction of sp³-hybridized carbons (Fsp3) is 0.0714. The Hall–Kier alpha value is -2.69. The molecule has 3 rings (SSSR count). The molecule has 96 valence electrons. The summed E-state index contributed by atoms with van der Waals surface area (Å²) in [5.41, 5.74) is 0.0355. The molecule has 0 radical (unpaired) electrons. The van der Waals surface area contributed by atoms with Crippen LogP contribution in [-0.2, 0) is 0 Å². The van der Waals surface area contributed by atoms with E-state index in [-0.39, 0.29) is 38.9 Å². The number of phenols is 3. The van der Waals surface area contributed by atoms with Crippen molar-refractivity contribution in [2.75, 3.05) is 0 Å². The average Bonchev–Trinajstić information content (AvgIpc) is 2.39. The van der Waals surface area contributed by atoms with Gasteiger partial charge in [0.15, 0.2) is 22.7 Å². The van der Waals surface area contributed by atoms with Crippen LogP contribution in [-0.4, -0.2) is 15.3 Å². The molecule has 3 N–H and O–H groups in total. The van der Waals surface area contributed by atoms with Gasteiger partial charge in [-0.15, -0.1) is 0 Å². The van der Waals surface area contributed by atoms with Gasteiger partial charge >= 0.3 is 0 Å². The van der Waals surface area contributed by atoms with Gasteiger partial charge < -0.3 is 19.7 Å². The minimum Gasteiger partial charge on any atom is -0.504 e. The van der Waals surface area contributed by atoms with Crippen LogP contribution in [0.4, 0.5) is 0 Å². The van der Waals surface area contributed by atoms with Crippen molar-refractivity contribution in [3.63, 3.8) is 0 Å². The van der Waals surface area contributed by atoms with Crippen LogP contribution in [0.1, 0.15) is 5.56 Å². The van der Waals surface area contributed by atoms with Crippen molar-refractivity contribution < 1.29 is 19.7 Å². The van der Waals surface area contributed by atoms with Crippen LogP contribution in [0.2, 0.25) is 0 Å². The Bertz CT molecular complexity index is 808. The number of fused-ring (bicyclic) bond motifs is 2. The third-order valence-electron chi connectivity index (χ3n) is 3.14. The first-order valence-electron chi connectivity index (χ1n) is 5.60. The molecule has 19 heavy (non-hydrogen) atoms. The number of hydrogen-bond donors (Lipinski definition) is 3. The van der Waals surface area contributed by atoms with Crippen LogP contribution in [0.5, 0.6) is 17.2 Å². The standard InChI is InChI=1S/C14H10O5/c1-6-2-3-7-11(17)8-4-5-9(15)12(18)14(8)19-13(7)10(6)16/h2-5,15-16,18H,1H3. The summed E-state index contributed by atoms with van der Waals surface area (Å²) >= 11 is 0. The molecule has 2 aromatic carbocycles. The minimum atomic E-state index is -0.516. The second-order valence-electron chi connectivity index (χ2n) is 4.35. The fourth-order valence-electron chi connectivity index (χ4n) is 2.04. The smallest absolute Gasteiger partial charge is 0.201 e. The predicted molar refractivity (Wildman–Crippen MR) is 69.7 cm³/mol. The number of rotatable bonds is 0. The quantitative estimate of drug-likeness (QED) is 0.425. The van der Waals surface area contributed by atoms with Crippen molar-refractivity contribution in [1.29, 1.82) is 0 Å². The zero-order valence-corrected chi connectivity index (χ0v) is 9.97. The summed E-state index contributed by atoms with van der Waals surface area (Å²) in [7, 11) is 0. The van der Waals surface area contributed by atoms with E-state index in [1.165, 1.54) is 12.1 Å². The highest BCUT2D eigenvalue weighted by atomic mass is 16.4. The van der Waals surface area contributed by atoms with Gasteiger partial charge in [-0.25, -0.2) is 0 Å². The van der Waals surface area contributed by atoms with Crippen LogP contribution in [0, 0.1) is 6.92 Å². The normalized spacial score (nSPS) is 11.2. The summed E-state index contributed by atoms with van der Waals surface area (Å²) in [6.45, 7) is 1.67. The molecule has 5 heteroatoms. The van der Waals surface area contributed by atoms with Crippen molar-refractivity contribution >= 4 is 21.9 Å². The monoisotopic (exact) mass is 258 g/mol. The second kappa shape index (κ2) is 3.65. The van der Waals surface area contributed by atoms with Gasteiger partial charge in [-0.2, -0.15) is 0 Å². The van der Waals surface area contributed by atoms with Gasteiger partial charge in [-0.05, 0) is 30.7 Å². The summed E-state index contributed by atoms with van der Waals surface area (Å²) in [5.74, 6) is -1.06. The maximum atomic E-state index is 12.3. The van der Waals surface area contributed by atoms with Crippen LogP contribution < -0.4 is 5.43 Å². The highest BCUT2D eigenvalue weighted by molar-refractivity contribution is 5.95. The van der Waals surface area contributed by atoms with Crippen molar-refractivity contribution in [1.82, 2.24) is 0 Å². The zero-order chi connectivity index (χ0) is 13.7. The first-order valence-corrected chi connectivity index (χ1v) is 5.60. The Morgan fingerprint density at radius 1 is 0.895 bits per heavy atom. The Labute approximate surface area is 107 Å². The highest BCUT2D eigenvalue weighted by Gasteiger charge is 2.16. The van der Waals surface area contributed by atoms with Crippen molar-refractivity contribution in [3.05, 3.63) is 40.1 Å². The third kappa shape index (κ3) is 1.45. The number of hydrogen-bond acceptors (Lipinski definition) is 5. The first kappa shape index (κ1) is 11.4. The molecule has 5 nitrogen and oxygen atoms in total. The fourth-order valence-corrected chi connectivity index (χ4v) is 2.04. The topological polar surface area (TPSA) is 90.9 Å². The number of aryl methyl sites for hydroxylation is 1. The van der Waals surface area contributed by atoms with Crippen molar-refractivity contribution in [2.45, 2.75) is 6.92 Å². The van der Waals surface area contributed by atoms with Gasteiger partial charge in [0.25, 0.3) is 0 Å². The maximum Gasteiger partial charge on any atom is 0.201 e. The molecule has 0 aliphatic carbocycles. The Morgan fingerprint density at radius 3 is 2.16 bits per heavy atom. The lowest BCUT2D eigenvalue weighted by atomic mass is 10.1. The lowest BCUT2D eigenvalue weighted by Gasteiger charge is -2.06. The maximum absolute atomic E-state index is 12.3. The molecule has 0 spiro atoms. The molecule has 0 fully saturated rings. The molecular formula is C14H10O5. The molecular weight excluding hydrogens is 248 g/mol. The van der Waals surface area contributed by atoms with E-state index < -0.39 is 5.75 Å². The Morgan fingerprint density at radius 2 is 1.47 bits per heavy atom. The molecule has 0 saturated heterocycles. The van der Waals surface area contributed by atoms with E-state index in [9.17, 15) is 20.1 Å². The highest BCUT2D eigenvalue weighted by Crippen LogP contribution is 2.36. The van der Waals surface area contributed by atoms with Gasteiger partial charge in [-0.1, -0.05) is 6.07 Å². The molecule has 0 aliphatic heterocycles. The molecule has 0 atom stereocenters. The van der Waals surface area contributed by atoms with E-state index in [1.54, 1.807) is 19.1 Å². The zero-order valence-electron chi connectivity index (χ0n) is 9.97. The van der Waals surface area contributed by atoms with Crippen LogP contribution >= 0.6 is 0 Å². The molecule has 0 saturated carbocycles. The number of aromatic hydroxyl groups is 3. The summed E-state index contributed by atoms with van der Waals surface area (Å²) < 4.78 is 5.39. The lowest BCUT2D eigenvalue weighted by molar-refractivity contribution is 0.400. The van der Waals surface area contributed by atoms with E-state index in [0.29, 0.717) is 5.56 Å². The van der Waals surface area contributed by atoms with Crippen molar-refractivity contribution in [3.8, 4) is 17.2 Å². The molecule has 0 aliphatic rings. The lowest BCUT2D eigenvalue weighted by Crippen LogP contribution is -2.02. The summed E-state index contributed by atoms with van der Waals surface area (Å²) in [6.07, 6.45) is 0. The largest absolute Gasteiger partial charge is 0.504 e. The van der Waals surface area contributed by atoms with Gasteiger partial charge in [0, 0.05) is 0 Å². The summed E-state index contributed by atoms with van der Waals surface area (Å²) in [5, 5.41) is 29.5. The Kier molecular flexibility index (Phi) is 2.19. The summed E-state index contributed by atoms with van der Waals surface area (Å²) in [4.78, 5) is 12.3. The van der Waals surface area contributed by atoms with Gasteiger partial charge in [0.2, 0.25) is 11.2 Å². The SMILES string of the molecule is Cc1ccc2c(=O)c3ccc(O)c(O)c3oc2c1O. The van der Waals surface area contributed by atoms with E-state index in [4.69, 9.17) is 4.42 Å². The molecule has 3 aromatic rings. The van der Waals surface area contributed by atoms with E-state index >= 15 is 0 Å². The predicted octanol–water partition coefficient (Wildman–Crippen LogP) is 2.37. The van der Waals surface area contributed by atoms with Gasteiger partial charge in [0.1, 0.15) is 0 Å². The first-order chi connectivity index (χ1) is 9.00. The Balaban J connectivity index is 2.65. The van der Waals surface area contributed by atoms with E-state index in [1.807, 2.05) is 0 Å². The van der Waals surface area contributed by atoms with Gasteiger partial charge in [0.05, 0.1) is 10.8 Å². The number of benzene rings is 2. The molecule has 0 bridgehead atoms. The van der Waals surface area contributed by atoms with Crippen LogP contribution in [0.15, 0.2) is 33.5 Å². The number of phenolic OH excluding ortho intramolecular Hbond substituents is 3. The van der Waals surface area contributed by atoms with Crippen LogP contribution in [0.3, 0.4) is 0 Å². The molecule has 1 heterocycles. The van der Waals surface area contributed by atoms with E-state index in [0.717, 1.165) is 0 Å². The van der Waals surface area contributed by atoms with Crippen LogP contribution in [0.25, 0.3) is 21.9 Å². The second-order valence-corrected chi connectivity index (χ2v) is 4.35. The summed E-state index contributed by atoms with van der Waals surface area (Å²) in [6, 6.07) is 5.75. The van der Waals surface area contributed by atoms with Gasteiger partial charge in [-0.3, -0.25) is 4.79 Å². The molecule has 1 aromatic heterocycles. The minimum absolute atomic E-state index is 0.00148. The molecule has 0 amide bonds. The third-order valence-corrected chi connectivity index (χ3v) is 3.14. The molecule has 0 unspecified atom stereocenters.